The van der Waals surface area contributed by atoms with Crippen LogP contribution in [0.25, 0.3) is 0 Å². The minimum Gasteiger partial charge on any atom is -0.294 e. The number of rotatable bonds is 4. The highest BCUT2D eigenvalue weighted by Gasteiger charge is 2.31. The Kier molecular flexibility index (Phi) is 4.17. The van der Waals surface area contributed by atoms with Crippen LogP contribution in [0.1, 0.15) is 23.2 Å². The summed E-state index contributed by atoms with van der Waals surface area (Å²) in [5.41, 5.74) is -2.49. The van der Waals surface area contributed by atoms with Crippen LogP contribution in [0.15, 0.2) is 12.1 Å². The van der Waals surface area contributed by atoms with Gasteiger partial charge in [0.15, 0.2) is 5.78 Å². The second-order valence-corrected chi connectivity index (χ2v) is 3.55. The highest BCUT2D eigenvalue weighted by atomic mass is 19.4. The Morgan fingerprint density at radius 1 is 1.26 bits per heavy atom. The molecule has 0 bridgehead atoms. The van der Waals surface area contributed by atoms with E-state index in [1.165, 1.54) is 0 Å². The molecule has 0 aromatic heterocycles. The second-order valence-electron chi connectivity index (χ2n) is 3.55. The van der Waals surface area contributed by atoms with Crippen molar-refractivity contribution in [1.29, 1.82) is 0 Å². The molecule has 0 heterocycles. The van der Waals surface area contributed by atoms with Crippen molar-refractivity contribution in [3.8, 4) is 0 Å². The number of nitrogens with zero attached hydrogens (tertiary/aromatic N) is 1. The van der Waals surface area contributed by atoms with Crippen LogP contribution in [0.4, 0.5) is 27.6 Å². The Balaban J connectivity index is 3.09. The van der Waals surface area contributed by atoms with Crippen molar-refractivity contribution in [1.82, 2.24) is 0 Å². The minimum atomic E-state index is -4.66. The zero-order valence-electron chi connectivity index (χ0n) is 9.13. The molecule has 0 unspecified atom stereocenters. The van der Waals surface area contributed by atoms with Gasteiger partial charge >= 0.3 is 11.9 Å². The summed E-state index contributed by atoms with van der Waals surface area (Å²) in [6.45, 7) is 0. The summed E-state index contributed by atoms with van der Waals surface area (Å²) in [5, 5.41) is 10.4. The number of nitro groups is 1. The van der Waals surface area contributed by atoms with Crippen molar-refractivity contribution in [3.05, 3.63) is 39.4 Å². The maximum Gasteiger partial charge on any atom is 0.389 e. The smallest absolute Gasteiger partial charge is 0.294 e. The van der Waals surface area contributed by atoms with Gasteiger partial charge in [-0.1, -0.05) is 0 Å². The molecular formula is C10H6F5NO3. The van der Waals surface area contributed by atoms with Crippen LogP contribution >= 0.6 is 0 Å². The SMILES string of the molecule is O=C(CCC(F)(F)F)c1c(F)ccc([N+](=O)[O-])c1F. The molecule has 1 aromatic carbocycles. The van der Waals surface area contributed by atoms with Gasteiger partial charge in [-0.05, 0) is 6.07 Å². The third kappa shape index (κ3) is 3.70. The Morgan fingerprint density at radius 2 is 1.84 bits per heavy atom. The van der Waals surface area contributed by atoms with Gasteiger partial charge in [-0.25, -0.2) is 4.39 Å². The highest BCUT2D eigenvalue weighted by Crippen LogP contribution is 2.27. The first-order chi connectivity index (χ1) is 8.63. The van der Waals surface area contributed by atoms with E-state index in [2.05, 4.69) is 0 Å². The molecule has 0 aliphatic rings. The van der Waals surface area contributed by atoms with Crippen molar-refractivity contribution in [2.24, 2.45) is 0 Å². The number of alkyl halides is 3. The number of hydrogen-bond acceptors (Lipinski definition) is 3. The van der Waals surface area contributed by atoms with Gasteiger partial charge in [-0.3, -0.25) is 14.9 Å². The maximum absolute atomic E-state index is 13.5. The lowest BCUT2D eigenvalue weighted by Gasteiger charge is -2.07. The molecule has 0 saturated heterocycles. The first-order valence-electron chi connectivity index (χ1n) is 4.86. The predicted octanol–water partition coefficient (Wildman–Crippen LogP) is 3.40. The molecule has 0 aliphatic carbocycles. The number of Topliss-reactive ketones (excluding diaryl/α,β-unsaturated/α-hetero) is 1. The largest absolute Gasteiger partial charge is 0.389 e. The van der Waals surface area contributed by atoms with E-state index >= 15 is 0 Å². The number of benzene rings is 1. The minimum absolute atomic E-state index is 0.460. The van der Waals surface area contributed by atoms with Gasteiger partial charge in [0.1, 0.15) is 5.82 Å². The Hall–Kier alpha value is -2.06. The topological polar surface area (TPSA) is 60.2 Å². The first kappa shape index (κ1) is 15.0. The second kappa shape index (κ2) is 5.29. The van der Waals surface area contributed by atoms with Crippen LogP contribution in [-0.2, 0) is 0 Å². The van der Waals surface area contributed by atoms with Gasteiger partial charge in [-0.15, -0.1) is 0 Å². The molecule has 0 spiro atoms. The summed E-state index contributed by atoms with van der Waals surface area (Å²) in [6.07, 6.45) is -7.41. The molecule has 1 rings (SSSR count). The number of halogens is 5. The van der Waals surface area contributed by atoms with Crippen molar-refractivity contribution >= 4 is 11.5 Å². The van der Waals surface area contributed by atoms with E-state index < -0.39 is 52.6 Å². The Bertz CT molecular complexity index is 527. The fourth-order valence-corrected chi connectivity index (χ4v) is 1.32. The normalized spacial score (nSPS) is 11.4. The Morgan fingerprint density at radius 3 is 2.32 bits per heavy atom. The third-order valence-electron chi connectivity index (χ3n) is 2.18. The molecule has 1 aromatic rings. The van der Waals surface area contributed by atoms with E-state index in [0.29, 0.717) is 12.1 Å². The zero-order chi connectivity index (χ0) is 14.8. The number of ketones is 1. The highest BCUT2D eigenvalue weighted by molar-refractivity contribution is 5.97. The molecule has 0 aliphatic heterocycles. The van der Waals surface area contributed by atoms with Crippen LogP contribution in [0.2, 0.25) is 0 Å². The van der Waals surface area contributed by atoms with Crippen LogP contribution in [0, 0.1) is 21.7 Å². The molecule has 0 atom stereocenters. The molecular weight excluding hydrogens is 277 g/mol. The predicted molar refractivity (Wildman–Crippen MR) is 52.6 cm³/mol. The van der Waals surface area contributed by atoms with Crippen molar-refractivity contribution in [2.45, 2.75) is 19.0 Å². The van der Waals surface area contributed by atoms with Crippen LogP contribution in [0.5, 0.6) is 0 Å². The van der Waals surface area contributed by atoms with Crippen LogP contribution in [-0.4, -0.2) is 16.9 Å². The standard InChI is InChI=1S/C10H6F5NO3/c11-5-1-2-6(16(18)19)9(12)8(5)7(17)3-4-10(13,14)15/h1-2H,3-4H2. The van der Waals surface area contributed by atoms with Gasteiger partial charge in [0.05, 0.1) is 16.9 Å². The molecule has 0 amide bonds. The number of hydrogen-bond donors (Lipinski definition) is 0. The summed E-state index contributed by atoms with van der Waals surface area (Å²) < 4.78 is 62.3. The number of carbonyl (C=O) groups excluding carboxylic acids is 1. The molecule has 104 valence electrons. The monoisotopic (exact) mass is 283 g/mol. The molecule has 0 N–H and O–H groups in total. The average molecular weight is 283 g/mol. The summed E-state index contributed by atoms with van der Waals surface area (Å²) in [5.74, 6) is -4.68. The van der Waals surface area contributed by atoms with Gasteiger partial charge in [0.2, 0.25) is 5.82 Å². The molecule has 4 nitrogen and oxygen atoms in total. The van der Waals surface area contributed by atoms with Gasteiger partial charge < -0.3 is 0 Å². The lowest BCUT2D eigenvalue weighted by molar-refractivity contribution is -0.387. The summed E-state index contributed by atoms with van der Waals surface area (Å²) in [7, 11) is 0. The van der Waals surface area contributed by atoms with Crippen molar-refractivity contribution in [3.63, 3.8) is 0 Å². The van der Waals surface area contributed by atoms with E-state index in [-0.39, 0.29) is 0 Å². The first-order valence-corrected chi connectivity index (χ1v) is 4.86. The zero-order valence-corrected chi connectivity index (χ0v) is 9.13. The summed E-state index contributed by atoms with van der Waals surface area (Å²) in [6, 6.07) is 0.952. The number of carbonyl (C=O) groups is 1. The van der Waals surface area contributed by atoms with E-state index in [1.807, 2.05) is 0 Å². The van der Waals surface area contributed by atoms with E-state index in [4.69, 9.17) is 0 Å². The third-order valence-corrected chi connectivity index (χ3v) is 2.18. The fraction of sp³-hybridized carbons (Fsp3) is 0.300. The molecule has 0 radical (unpaired) electrons. The van der Waals surface area contributed by atoms with E-state index in [9.17, 15) is 36.9 Å². The van der Waals surface area contributed by atoms with Gasteiger partial charge in [0.25, 0.3) is 0 Å². The quantitative estimate of drug-likeness (QED) is 0.368. The van der Waals surface area contributed by atoms with Gasteiger partial charge in [-0.2, -0.15) is 17.6 Å². The molecule has 0 saturated carbocycles. The Labute approximate surface area is 103 Å². The molecule has 9 heteroatoms. The maximum atomic E-state index is 13.5. The van der Waals surface area contributed by atoms with Crippen LogP contribution < -0.4 is 0 Å². The lowest BCUT2D eigenvalue weighted by Crippen LogP contribution is -2.13. The van der Waals surface area contributed by atoms with Crippen LogP contribution in [0.3, 0.4) is 0 Å². The number of nitro benzene ring substituents is 1. The summed E-state index contributed by atoms with van der Waals surface area (Å²) in [4.78, 5) is 20.5. The average Bonchev–Trinajstić information content (AvgIpc) is 2.24. The summed E-state index contributed by atoms with van der Waals surface area (Å²) >= 11 is 0. The van der Waals surface area contributed by atoms with E-state index in [1.54, 1.807) is 0 Å². The van der Waals surface area contributed by atoms with Gasteiger partial charge in [0, 0.05) is 12.5 Å². The molecule has 0 fully saturated rings. The van der Waals surface area contributed by atoms with Crippen molar-refractivity contribution < 1.29 is 31.7 Å². The molecule has 19 heavy (non-hydrogen) atoms. The lowest BCUT2D eigenvalue weighted by atomic mass is 10.0. The van der Waals surface area contributed by atoms with Crippen molar-refractivity contribution in [2.75, 3.05) is 0 Å². The fourth-order valence-electron chi connectivity index (χ4n) is 1.32. The van der Waals surface area contributed by atoms with E-state index in [0.717, 1.165) is 0 Å².